The Bertz CT molecular complexity index is 1180. The fraction of sp³-hybridized carbons (Fsp3) is 0.464. The van der Waals surface area contributed by atoms with Crippen molar-refractivity contribution >= 4 is 34.2 Å². The lowest BCUT2D eigenvalue weighted by Crippen LogP contribution is -2.37. The molecule has 0 radical (unpaired) electrons. The van der Waals surface area contributed by atoms with Crippen LogP contribution in [0.15, 0.2) is 53.4 Å². The third-order valence-corrected chi connectivity index (χ3v) is 8.48. The second-order valence-corrected chi connectivity index (χ2v) is 11.9. The van der Waals surface area contributed by atoms with Crippen LogP contribution >= 0.6 is 12.4 Å². The topological polar surface area (TPSA) is 66.5 Å². The largest absolute Gasteiger partial charge is 0.350 e. The van der Waals surface area contributed by atoms with E-state index >= 15 is 0 Å². The number of nitrogens with one attached hydrogen (secondary N) is 1. The number of halogens is 2. The molecular weight excluding hydrogens is 499 g/mol. The Labute approximate surface area is 220 Å². The summed E-state index contributed by atoms with van der Waals surface area (Å²) >= 11 is 0. The molecule has 196 valence electrons. The Morgan fingerprint density at radius 1 is 1.06 bits per heavy atom. The van der Waals surface area contributed by atoms with Crippen LogP contribution in [-0.2, 0) is 27.5 Å². The summed E-state index contributed by atoms with van der Waals surface area (Å²) in [5, 5.41) is 3.07. The first-order valence-electron chi connectivity index (χ1n) is 12.6. The first-order chi connectivity index (χ1) is 16.8. The molecule has 1 saturated carbocycles. The van der Waals surface area contributed by atoms with Gasteiger partial charge in [-0.25, -0.2) is 12.8 Å². The van der Waals surface area contributed by atoms with Crippen LogP contribution in [0.1, 0.15) is 48.8 Å². The third kappa shape index (κ3) is 7.89. The second kappa shape index (κ2) is 12.8. The van der Waals surface area contributed by atoms with Crippen LogP contribution < -0.4 is 5.32 Å². The molecule has 2 aromatic carbocycles. The summed E-state index contributed by atoms with van der Waals surface area (Å²) in [5.41, 5.74) is 2.84. The summed E-state index contributed by atoms with van der Waals surface area (Å²) in [7, 11) is -3.18. The van der Waals surface area contributed by atoms with Gasteiger partial charge in [0.2, 0.25) is 5.91 Å². The Balaban J connectivity index is 0.00000361. The van der Waals surface area contributed by atoms with Crippen LogP contribution in [0.5, 0.6) is 0 Å². The molecule has 0 spiro atoms. The van der Waals surface area contributed by atoms with Gasteiger partial charge < -0.3 is 10.2 Å². The Kier molecular flexibility index (Phi) is 10.1. The van der Waals surface area contributed by atoms with E-state index in [0.29, 0.717) is 16.4 Å². The normalized spacial score (nSPS) is 20.8. The highest BCUT2D eigenvalue weighted by Crippen LogP contribution is 2.28. The first-order valence-corrected chi connectivity index (χ1v) is 14.4. The molecule has 2 aliphatic rings. The highest BCUT2D eigenvalue weighted by molar-refractivity contribution is 7.90. The minimum Gasteiger partial charge on any atom is -0.350 e. The molecule has 1 aliphatic heterocycles. The molecule has 1 amide bonds. The zero-order valence-corrected chi connectivity index (χ0v) is 22.4. The quantitative estimate of drug-likeness (QED) is 0.517. The van der Waals surface area contributed by atoms with Crippen LogP contribution in [0.2, 0.25) is 0 Å². The second-order valence-electron chi connectivity index (χ2n) is 9.91. The first kappa shape index (κ1) is 28.4. The van der Waals surface area contributed by atoms with E-state index in [0.717, 1.165) is 70.1 Å². The van der Waals surface area contributed by atoms with Crippen LogP contribution in [0.3, 0.4) is 0 Å². The fourth-order valence-corrected chi connectivity index (χ4v) is 5.86. The van der Waals surface area contributed by atoms with Crippen molar-refractivity contribution in [3.63, 3.8) is 0 Å². The summed E-state index contributed by atoms with van der Waals surface area (Å²) in [6.07, 6.45) is 11.4. The Morgan fingerprint density at radius 2 is 1.75 bits per heavy atom. The van der Waals surface area contributed by atoms with Gasteiger partial charge in [0.25, 0.3) is 0 Å². The highest BCUT2D eigenvalue weighted by atomic mass is 35.5. The average Bonchev–Trinajstić information content (AvgIpc) is 3.04. The van der Waals surface area contributed by atoms with Gasteiger partial charge in [0, 0.05) is 37.0 Å². The van der Waals surface area contributed by atoms with E-state index in [1.54, 1.807) is 24.3 Å². The number of nitrogens with zero attached hydrogens (tertiary/aromatic N) is 1. The number of carbonyl (C=O) groups excluding carboxylic acids is 1. The van der Waals surface area contributed by atoms with E-state index in [4.69, 9.17) is 0 Å². The van der Waals surface area contributed by atoms with Crippen LogP contribution in [0.4, 0.5) is 4.39 Å². The predicted octanol–water partition coefficient (Wildman–Crippen LogP) is 4.83. The Morgan fingerprint density at radius 3 is 2.44 bits per heavy atom. The summed E-state index contributed by atoms with van der Waals surface area (Å²) in [5.74, 6) is 0.170. The van der Waals surface area contributed by atoms with Crippen LogP contribution in [-0.4, -0.2) is 51.2 Å². The van der Waals surface area contributed by atoms with Gasteiger partial charge in [-0.15, -0.1) is 12.4 Å². The van der Waals surface area contributed by atoms with Crippen molar-refractivity contribution in [1.29, 1.82) is 0 Å². The fourth-order valence-electron chi connectivity index (χ4n) is 5.19. The number of rotatable bonds is 7. The van der Waals surface area contributed by atoms with Gasteiger partial charge in [0.1, 0.15) is 5.82 Å². The SMILES string of the molecule is CS(=O)(=O)c1ccc2c(c1)CCN(CCC1CCC(NC(=O)/C=C/c3ccccc3F)CC1)CC2.Cl. The molecule has 1 heterocycles. The molecule has 1 fully saturated rings. The lowest BCUT2D eigenvalue weighted by molar-refractivity contribution is -0.117. The van der Waals surface area contributed by atoms with Crippen molar-refractivity contribution in [2.24, 2.45) is 5.92 Å². The van der Waals surface area contributed by atoms with Gasteiger partial charge in [0.15, 0.2) is 9.84 Å². The van der Waals surface area contributed by atoms with Crippen LogP contribution in [0, 0.1) is 11.7 Å². The third-order valence-electron chi connectivity index (χ3n) is 7.37. The van der Waals surface area contributed by atoms with Crippen molar-refractivity contribution in [1.82, 2.24) is 10.2 Å². The molecule has 5 nitrogen and oxygen atoms in total. The number of hydrogen-bond donors (Lipinski definition) is 1. The maximum atomic E-state index is 13.7. The van der Waals surface area contributed by atoms with Gasteiger partial charge in [-0.2, -0.15) is 0 Å². The molecule has 4 rings (SSSR count). The molecule has 1 aliphatic carbocycles. The number of amides is 1. The van der Waals surface area contributed by atoms with Crippen molar-refractivity contribution in [3.8, 4) is 0 Å². The maximum absolute atomic E-state index is 13.7. The molecule has 2 aromatic rings. The van der Waals surface area contributed by atoms with Gasteiger partial charge in [-0.1, -0.05) is 24.3 Å². The van der Waals surface area contributed by atoms with E-state index in [1.165, 1.54) is 30.0 Å². The molecule has 36 heavy (non-hydrogen) atoms. The number of benzene rings is 2. The summed E-state index contributed by atoms with van der Waals surface area (Å²) in [6, 6.07) is 12.2. The molecular formula is C28H36ClFN2O3S. The van der Waals surface area contributed by atoms with Crippen molar-refractivity contribution < 1.29 is 17.6 Å². The minimum absolute atomic E-state index is 0. The monoisotopic (exact) mass is 534 g/mol. The number of fused-ring (bicyclic) bond motifs is 1. The zero-order chi connectivity index (χ0) is 24.8. The predicted molar refractivity (Wildman–Crippen MR) is 145 cm³/mol. The van der Waals surface area contributed by atoms with E-state index < -0.39 is 9.84 Å². The molecule has 0 bridgehead atoms. The number of sulfone groups is 1. The molecule has 0 unspecified atom stereocenters. The smallest absolute Gasteiger partial charge is 0.244 e. The number of hydrogen-bond acceptors (Lipinski definition) is 4. The molecule has 0 saturated heterocycles. The number of carbonyl (C=O) groups is 1. The Hall–Kier alpha value is -2.22. The standard InChI is InChI=1S/C28H35FN2O3S.ClH/c1-35(33,34)26-12-8-22-15-18-31(19-16-24(22)20-26)17-14-21-6-10-25(11-7-21)30-28(32)13-9-23-4-2-3-5-27(23)29;/h2-5,8-9,12-13,20-21,25H,6-7,10-11,14-19H2,1H3,(H,30,32);1H/b13-9+;. The van der Waals surface area contributed by atoms with Crippen LogP contribution in [0.25, 0.3) is 6.08 Å². The van der Waals surface area contributed by atoms with Gasteiger partial charge >= 0.3 is 0 Å². The minimum atomic E-state index is -3.18. The summed E-state index contributed by atoms with van der Waals surface area (Å²) in [4.78, 5) is 15.2. The van der Waals surface area contributed by atoms with Gasteiger partial charge in [-0.3, -0.25) is 4.79 Å². The lowest BCUT2D eigenvalue weighted by atomic mass is 9.84. The molecule has 8 heteroatoms. The average molecular weight is 535 g/mol. The maximum Gasteiger partial charge on any atom is 0.244 e. The zero-order valence-electron chi connectivity index (χ0n) is 20.8. The molecule has 0 aromatic heterocycles. The van der Waals surface area contributed by atoms with Crippen molar-refractivity contribution in [2.45, 2.75) is 55.9 Å². The lowest BCUT2D eigenvalue weighted by Gasteiger charge is -2.30. The van der Waals surface area contributed by atoms with Crippen molar-refractivity contribution in [2.75, 3.05) is 25.9 Å². The van der Waals surface area contributed by atoms with Gasteiger partial charge in [0.05, 0.1) is 4.90 Å². The molecule has 1 N–H and O–H groups in total. The van der Waals surface area contributed by atoms with E-state index in [-0.39, 0.29) is 30.2 Å². The van der Waals surface area contributed by atoms with Gasteiger partial charge in [-0.05, 0) is 92.8 Å². The summed E-state index contributed by atoms with van der Waals surface area (Å²) in [6.45, 7) is 3.02. The highest BCUT2D eigenvalue weighted by Gasteiger charge is 2.23. The summed E-state index contributed by atoms with van der Waals surface area (Å²) < 4.78 is 37.5. The molecule has 0 atom stereocenters. The van der Waals surface area contributed by atoms with E-state index in [2.05, 4.69) is 10.2 Å². The van der Waals surface area contributed by atoms with E-state index in [9.17, 15) is 17.6 Å². The van der Waals surface area contributed by atoms with E-state index in [1.807, 2.05) is 12.1 Å². The van der Waals surface area contributed by atoms with Crippen molar-refractivity contribution in [3.05, 3.63) is 71.0 Å².